The van der Waals surface area contributed by atoms with Gasteiger partial charge in [0.15, 0.2) is 5.71 Å². The monoisotopic (exact) mass is 965 g/mol. The summed E-state index contributed by atoms with van der Waals surface area (Å²) in [5.41, 5.74) is 3.75. The van der Waals surface area contributed by atoms with Crippen LogP contribution in [-0.2, 0) is 37.6 Å². The van der Waals surface area contributed by atoms with E-state index in [-0.39, 0.29) is 99.8 Å². The maximum atomic E-state index is 11.3. The van der Waals surface area contributed by atoms with Gasteiger partial charge in [-0.05, 0) is 51.0 Å². The van der Waals surface area contributed by atoms with E-state index in [1.54, 1.807) is 13.8 Å². The SMILES string of the molecule is CCOC(=O)/C(C#N)=C\C=C1/CCCN1C.C[N+]1=C(/C=C/Nc2ccccc2)CCC1.[C-]#[N+]CC(=O)OCC.[CH3-].[I-].[U].[V]. The molecule has 43 heavy (non-hydrogen) atoms. The molecule has 1 aromatic rings. The van der Waals surface area contributed by atoms with Crippen LogP contribution in [0.25, 0.3) is 4.85 Å². The first kappa shape index (κ1) is 47.9. The zero-order valence-electron chi connectivity index (χ0n) is 25.8. The van der Waals surface area contributed by atoms with Crippen LogP contribution < -0.4 is 29.3 Å². The predicted molar refractivity (Wildman–Crippen MR) is 159 cm³/mol. The number of nitriles is 1. The summed E-state index contributed by atoms with van der Waals surface area (Å²) in [6.45, 7) is 12.4. The van der Waals surface area contributed by atoms with Gasteiger partial charge in [-0.3, -0.25) is 0 Å². The zero-order valence-corrected chi connectivity index (χ0v) is 33.5. The van der Waals surface area contributed by atoms with Crippen LogP contribution in [0.4, 0.5) is 5.69 Å². The molecule has 12 heteroatoms. The third-order valence-electron chi connectivity index (χ3n) is 5.70. The number of carbonyl (C=O) groups is 2. The van der Waals surface area contributed by atoms with Gasteiger partial charge in [0, 0.05) is 99.8 Å². The third kappa shape index (κ3) is 21.4. The molecule has 2 aliphatic heterocycles. The summed E-state index contributed by atoms with van der Waals surface area (Å²) in [7, 11) is 4.15. The van der Waals surface area contributed by atoms with E-state index in [4.69, 9.17) is 16.6 Å². The van der Waals surface area contributed by atoms with E-state index >= 15 is 0 Å². The Hall–Kier alpha value is -2.00. The number of likely N-dealkylation sites (tertiary alicyclic amines) is 1. The Morgan fingerprint density at radius 1 is 1.16 bits per heavy atom. The van der Waals surface area contributed by atoms with Crippen molar-refractivity contribution < 1.29 is 97.3 Å². The third-order valence-corrected chi connectivity index (χ3v) is 5.70. The first-order chi connectivity index (χ1) is 18.9. The van der Waals surface area contributed by atoms with Crippen molar-refractivity contribution in [2.75, 3.05) is 52.3 Å². The number of esters is 2. The molecule has 0 unspecified atom stereocenters. The van der Waals surface area contributed by atoms with Gasteiger partial charge in [-0.1, -0.05) is 18.2 Å². The molecular weight excluding hydrogens is 922 g/mol. The molecule has 0 bridgehead atoms. The summed E-state index contributed by atoms with van der Waals surface area (Å²) in [6.07, 6.45) is 12.1. The van der Waals surface area contributed by atoms with Crippen LogP contribution in [0.1, 0.15) is 39.5 Å². The molecule has 3 rings (SSSR count). The largest absolute Gasteiger partial charge is 1.00 e. The molecule has 1 N–H and O–H groups in total. The van der Waals surface area contributed by atoms with Crippen molar-refractivity contribution >= 4 is 23.3 Å². The fourth-order valence-corrected chi connectivity index (χ4v) is 3.66. The minimum Gasteiger partial charge on any atom is -1.00 e. The molecule has 9 nitrogen and oxygen atoms in total. The molecule has 0 atom stereocenters. The van der Waals surface area contributed by atoms with Crippen LogP contribution in [0.3, 0.4) is 0 Å². The van der Waals surface area contributed by atoms with Gasteiger partial charge < -0.3 is 55.9 Å². The Kier molecular flexibility index (Phi) is 33.5. The molecule has 1 radical (unpaired) electrons. The van der Waals surface area contributed by atoms with Crippen molar-refractivity contribution in [1.29, 1.82) is 5.26 Å². The number of benzene rings is 1. The van der Waals surface area contributed by atoms with Gasteiger partial charge in [0.2, 0.25) is 0 Å². The second kappa shape index (κ2) is 30.0. The van der Waals surface area contributed by atoms with Gasteiger partial charge >= 0.3 is 18.5 Å². The number of rotatable bonds is 8. The van der Waals surface area contributed by atoms with Crippen molar-refractivity contribution in [2.24, 2.45) is 0 Å². The minimum absolute atomic E-state index is 0. The fraction of sp³-hybridized carbons (Fsp3) is 0.419. The van der Waals surface area contributed by atoms with E-state index in [0.29, 0.717) is 6.61 Å². The minimum atomic E-state index is -0.553. The molecule has 0 spiro atoms. The van der Waals surface area contributed by atoms with E-state index in [1.165, 1.54) is 31.2 Å². The Bertz CT molecular complexity index is 1150. The molecule has 1 fully saturated rings. The van der Waals surface area contributed by atoms with Crippen LogP contribution in [0.15, 0.2) is 66.0 Å². The van der Waals surface area contributed by atoms with Crippen LogP contribution in [0.2, 0.25) is 0 Å². The Morgan fingerprint density at radius 3 is 2.30 bits per heavy atom. The zero-order chi connectivity index (χ0) is 28.9. The number of hydrogen-bond donors (Lipinski definition) is 1. The van der Waals surface area contributed by atoms with Crippen LogP contribution in [0.5, 0.6) is 0 Å². The molecular formula is C31H43IN5O4UV-. The standard InChI is InChI=1S/C13H16N2.C12H16N2O2.C5H7NO2.CH3.HI.U.V/c1-15-11-5-8-13(15)9-10-14-12-6-3-2-4-7-12;1-3-16-12(15)10(9-13)6-7-11-5-4-8-14(11)2;1-3-8-5(7)4-6-2;;;;/h2-4,6-7,9-10H,5,8,11H2,1H3;6-7H,3-5,8H2,1-2H3;3-4H2,1H3;1H3;1H;;/q;;;-1;;;/b;10-6-,11-7+;;;;;. The summed E-state index contributed by atoms with van der Waals surface area (Å²) in [5.74, 6) is -0.995. The van der Waals surface area contributed by atoms with Gasteiger partial charge in [-0.25, -0.2) is 20.7 Å². The van der Waals surface area contributed by atoms with Crippen LogP contribution in [0, 0.1) is 56.4 Å². The molecule has 0 aromatic heterocycles. The summed E-state index contributed by atoms with van der Waals surface area (Å²) >= 11 is 0. The molecule has 0 amide bonds. The normalized spacial score (nSPS) is 14.0. The van der Waals surface area contributed by atoms with E-state index in [9.17, 15) is 9.59 Å². The topological polar surface area (TPSA) is 99.0 Å². The number of nitrogens with one attached hydrogen (secondary N) is 1. The van der Waals surface area contributed by atoms with Gasteiger partial charge in [-0.2, -0.15) is 5.26 Å². The molecule has 0 aliphatic carbocycles. The average molecular weight is 966 g/mol. The Labute approximate surface area is 310 Å². The summed E-state index contributed by atoms with van der Waals surface area (Å²) in [5, 5.41) is 12.1. The number of carbonyl (C=O) groups excluding carboxylic acids is 2. The number of nitrogens with zero attached hydrogens (tertiary/aromatic N) is 4. The molecule has 1 aromatic carbocycles. The molecule has 2 aliphatic rings. The predicted octanol–water partition coefficient (Wildman–Crippen LogP) is 2.02. The number of hydrogen-bond acceptors (Lipinski definition) is 7. The second-order valence-electron chi connectivity index (χ2n) is 8.58. The maximum Gasteiger partial charge on any atom is 0.387 e. The second-order valence-corrected chi connectivity index (χ2v) is 8.58. The fourth-order valence-electron chi connectivity index (χ4n) is 3.66. The Balaban J connectivity index is -0.000000266. The number of ether oxygens (including phenoxy) is 2. The number of allylic oxidation sites excluding steroid dienone is 4. The van der Waals surface area contributed by atoms with Crippen molar-refractivity contribution in [3.8, 4) is 6.07 Å². The van der Waals surface area contributed by atoms with E-state index in [1.807, 2.05) is 43.6 Å². The summed E-state index contributed by atoms with van der Waals surface area (Å²) in [4.78, 5) is 26.5. The average Bonchev–Trinajstić information content (AvgIpc) is 3.53. The molecule has 0 saturated carbocycles. The van der Waals surface area contributed by atoms with Crippen molar-refractivity contribution in [3.63, 3.8) is 0 Å². The van der Waals surface area contributed by atoms with Crippen molar-refractivity contribution in [3.05, 3.63) is 84.9 Å². The maximum absolute atomic E-state index is 11.3. The smallest absolute Gasteiger partial charge is 0.387 e. The molecule has 1 saturated heterocycles. The van der Waals surface area contributed by atoms with Gasteiger partial charge in [0.05, 0.1) is 13.2 Å². The quantitative estimate of drug-likeness (QED) is 0.107. The first-order valence-electron chi connectivity index (χ1n) is 13.1. The van der Waals surface area contributed by atoms with Crippen molar-refractivity contribution in [1.82, 2.24) is 4.90 Å². The first-order valence-corrected chi connectivity index (χ1v) is 13.1. The van der Waals surface area contributed by atoms with Crippen LogP contribution >= 0.6 is 0 Å². The number of para-hydroxylation sites is 1. The van der Waals surface area contributed by atoms with Crippen LogP contribution in [-0.4, -0.2) is 74.1 Å². The van der Waals surface area contributed by atoms with E-state index < -0.39 is 11.9 Å². The molecule has 233 valence electrons. The summed E-state index contributed by atoms with van der Waals surface area (Å²) in [6, 6.07) is 12.1. The van der Waals surface area contributed by atoms with E-state index in [2.05, 4.69) is 49.6 Å². The van der Waals surface area contributed by atoms with Gasteiger partial charge in [-0.15, -0.1) is 0 Å². The summed E-state index contributed by atoms with van der Waals surface area (Å²) < 4.78 is 11.5. The van der Waals surface area contributed by atoms with Gasteiger partial charge in [0.25, 0.3) is 0 Å². The van der Waals surface area contributed by atoms with Gasteiger partial charge in [0.1, 0.15) is 25.2 Å². The molecule has 2 heterocycles. The number of halogens is 1. The van der Waals surface area contributed by atoms with Crippen molar-refractivity contribution in [2.45, 2.75) is 39.5 Å². The Morgan fingerprint density at radius 2 is 1.81 bits per heavy atom. The van der Waals surface area contributed by atoms with E-state index in [0.717, 1.165) is 30.8 Å². The number of anilines is 1.